The van der Waals surface area contributed by atoms with Crippen LogP contribution in [-0.2, 0) is 16.6 Å². The second-order valence-electron chi connectivity index (χ2n) is 5.19. The maximum absolute atomic E-state index is 10.9. The summed E-state index contributed by atoms with van der Waals surface area (Å²) in [6.07, 6.45) is -0.257. The molecule has 3 heteroatoms. The monoisotopic (exact) mass is 220 g/mol. The van der Waals surface area contributed by atoms with Crippen LogP contribution in [0.15, 0.2) is 18.2 Å². The molecule has 0 spiro atoms. The fourth-order valence-corrected chi connectivity index (χ4v) is 2.00. The van der Waals surface area contributed by atoms with Crippen LogP contribution < -0.4 is 4.74 Å². The van der Waals surface area contributed by atoms with Gasteiger partial charge in [0.2, 0.25) is 0 Å². The van der Waals surface area contributed by atoms with E-state index >= 15 is 0 Å². The topological polar surface area (TPSA) is 46.5 Å². The number of carboxylic acid groups (broad SMARTS) is 1. The van der Waals surface area contributed by atoms with Gasteiger partial charge in [0, 0.05) is 6.42 Å². The van der Waals surface area contributed by atoms with E-state index in [-0.39, 0.29) is 5.41 Å². The molecule has 0 aliphatic carbocycles. The van der Waals surface area contributed by atoms with E-state index in [1.165, 1.54) is 0 Å². The summed E-state index contributed by atoms with van der Waals surface area (Å²) >= 11 is 0. The summed E-state index contributed by atoms with van der Waals surface area (Å²) in [5.41, 5.74) is 2.05. The Morgan fingerprint density at radius 3 is 2.69 bits per heavy atom. The zero-order chi connectivity index (χ0) is 11.9. The number of hydrogen-bond acceptors (Lipinski definition) is 2. The minimum Gasteiger partial charge on any atom is -0.478 e. The number of para-hydroxylation sites is 1. The van der Waals surface area contributed by atoms with Crippen LogP contribution in [-0.4, -0.2) is 17.2 Å². The Kier molecular flexibility index (Phi) is 2.41. The number of hydrogen-bond donors (Lipinski definition) is 1. The van der Waals surface area contributed by atoms with E-state index in [1.807, 2.05) is 18.2 Å². The van der Waals surface area contributed by atoms with Crippen LogP contribution >= 0.6 is 0 Å². The molecule has 86 valence electrons. The number of fused-ring (bicyclic) bond motifs is 1. The van der Waals surface area contributed by atoms with E-state index in [0.717, 1.165) is 16.9 Å². The zero-order valence-electron chi connectivity index (χ0n) is 9.78. The van der Waals surface area contributed by atoms with Gasteiger partial charge < -0.3 is 9.84 Å². The summed E-state index contributed by atoms with van der Waals surface area (Å²) in [6.45, 7) is 6.29. The van der Waals surface area contributed by atoms with Crippen LogP contribution in [0.5, 0.6) is 5.75 Å². The van der Waals surface area contributed by atoms with Crippen LogP contribution in [0.3, 0.4) is 0 Å². The van der Waals surface area contributed by atoms with Gasteiger partial charge in [-0.05, 0) is 16.5 Å². The summed E-state index contributed by atoms with van der Waals surface area (Å²) in [5.74, 6) is -0.126. The fourth-order valence-electron chi connectivity index (χ4n) is 2.00. The molecule has 1 unspecified atom stereocenters. The van der Waals surface area contributed by atoms with Crippen molar-refractivity contribution in [2.75, 3.05) is 0 Å². The lowest BCUT2D eigenvalue weighted by Crippen LogP contribution is -2.24. The number of rotatable bonds is 1. The Morgan fingerprint density at radius 1 is 1.44 bits per heavy atom. The van der Waals surface area contributed by atoms with Gasteiger partial charge in [-0.3, -0.25) is 0 Å². The second kappa shape index (κ2) is 3.51. The molecule has 1 aliphatic heterocycles. The molecule has 1 N–H and O–H groups in total. The van der Waals surface area contributed by atoms with Crippen molar-refractivity contribution in [2.45, 2.75) is 38.7 Å². The number of aliphatic carboxylic acids is 1. The average molecular weight is 220 g/mol. The van der Waals surface area contributed by atoms with Gasteiger partial charge in [0.05, 0.1) is 0 Å². The minimum atomic E-state index is -0.893. The molecular weight excluding hydrogens is 204 g/mol. The van der Waals surface area contributed by atoms with Crippen molar-refractivity contribution in [3.63, 3.8) is 0 Å². The van der Waals surface area contributed by atoms with E-state index in [4.69, 9.17) is 9.84 Å². The number of benzene rings is 1. The summed E-state index contributed by atoms with van der Waals surface area (Å²) in [7, 11) is 0. The first-order valence-electron chi connectivity index (χ1n) is 5.41. The zero-order valence-corrected chi connectivity index (χ0v) is 9.78. The largest absolute Gasteiger partial charge is 0.478 e. The van der Waals surface area contributed by atoms with Crippen LogP contribution in [0, 0.1) is 0 Å². The van der Waals surface area contributed by atoms with Gasteiger partial charge >= 0.3 is 5.97 Å². The molecule has 0 fully saturated rings. The summed E-state index contributed by atoms with van der Waals surface area (Å²) in [4.78, 5) is 10.9. The van der Waals surface area contributed by atoms with E-state index in [1.54, 1.807) is 0 Å². The van der Waals surface area contributed by atoms with Crippen molar-refractivity contribution in [3.05, 3.63) is 29.3 Å². The van der Waals surface area contributed by atoms with Gasteiger partial charge in [-0.25, -0.2) is 4.79 Å². The SMILES string of the molecule is CC(C)(C)c1cccc2c1OC(C(=O)O)C2. The normalized spacial score (nSPS) is 19.1. The van der Waals surface area contributed by atoms with E-state index in [9.17, 15) is 4.79 Å². The first-order valence-corrected chi connectivity index (χ1v) is 5.41. The predicted molar refractivity (Wildman–Crippen MR) is 60.9 cm³/mol. The molecule has 3 nitrogen and oxygen atoms in total. The first kappa shape index (κ1) is 11.0. The van der Waals surface area contributed by atoms with Gasteiger partial charge in [0.25, 0.3) is 0 Å². The van der Waals surface area contributed by atoms with Gasteiger partial charge in [-0.2, -0.15) is 0 Å². The lowest BCUT2D eigenvalue weighted by Gasteiger charge is -2.22. The second-order valence-corrected chi connectivity index (χ2v) is 5.19. The highest BCUT2D eigenvalue weighted by molar-refractivity contribution is 5.75. The Hall–Kier alpha value is -1.51. The molecule has 0 radical (unpaired) electrons. The predicted octanol–water partition coefficient (Wildman–Crippen LogP) is 2.37. The molecule has 0 bridgehead atoms. The van der Waals surface area contributed by atoms with E-state index in [0.29, 0.717) is 6.42 Å². The highest BCUT2D eigenvalue weighted by atomic mass is 16.5. The lowest BCUT2D eigenvalue weighted by molar-refractivity contribution is -0.144. The Balaban J connectivity index is 2.42. The van der Waals surface area contributed by atoms with Crippen molar-refractivity contribution in [1.82, 2.24) is 0 Å². The maximum Gasteiger partial charge on any atom is 0.345 e. The molecule has 16 heavy (non-hydrogen) atoms. The molecular formula is C13H16O3. The van der Waals surface area contributed by atoms with Crippen LogP contribution in [0.25, 0.3) is 0 Å². The van der Waals surface area contributed by atoms with Crippen molar-refractivity contribution in [1.29, 1.82) is 0 Å². The quantitative estimate of drug-likeness (QED) is 0.790. The van der Waals surface area contributed by atoms with Crippen molar-refractivity contribution in [3.8, 4) is 5.75 Å². The summed E-state index contributed by atoms with van der Waals surface area (Å²) < 4.78 is 5.53. The first-order chi connectivity index (χ1) is 7.39. The smallest absolute Gasteiger partial charge is 0.345 e. The lowest BCUT2D eigenvalue weighted by atomic mass is 9.85. The molecule has 0 amide bonds. The Morgan fingerprint density at radius 2 is 2.12 bits per heavy atom. The number of carboxylic acids is 1. The van der Waals surface area contributed by atoms with Crippen LogP contribution in [0.1, 0.15) is 31.9 Å². The minimum absolute atomic E-state index is 0.0290. The van der Waals surface area contributed by atoms with Gasteiger partial charge in [-0.15, -0.1) is 0 Å². The van der Waals surface area contributed by atoms with Gasteiger partial charge in [-0.1, -0.05) is 39.0 Å². The molecule has 1 aromatic rings. The Labute approximate surface area is 95.0 Å². The van der Waals surface area contributed by atoms with Crippen molar-refractivity contribution >= 4 is 5.97 Å². The third kappa shape index (κ3) is 1.77. The average Bonchev–Trinajstić information content (AvgIpc) is 2.58. The Bertz CT molecular complexity index is 429. The van der Waals surface area contributed by atoms with Crippen molar-refractivity contribution in [2.24, 2.45) is 0 Å². The third-order valence-corrected chi connectivity index (χ3v) is 2.85. The molecule has 1 aromatic carbocycles. The van der Waals surface area contributed by atoms with Gasteiger partial charge in [0.15, 0.2) is 6.10 Å². The van der Waals surface area contributed by atoms with Gasteiger partial charge in [0.1, 0.15) is 5.75 Å². The third-order valence-electron chi connectivity index (χ3n) is 2.85. The van der Waals surface area contributed by atoms with E-state index in [2.05, 4.69) is 20.8 Å². The summed E-state index contributed by atoms with van der Waals surface area (Å²) in [6, 6.07) is 5.91. The molecule has 0 saturated carbocycles. The number of carbonyl (C=O) groups is 1. The molecule has 1 atom stereocenters. The highest BCUT2D eigenvalue weighted by Gasteiger charge is 2.32. The number of ether oxygens (including phenoxy) is 1. The van der Waals surface area contributed by atoms with Crippen molar-refractivity contribution < 1.29 is 14.6 Å². The maximum atomic E-state index is 10.9. The molecule has 0 aromatic heterocycles. The molecule has 1 aliphatic rings. The fraction of sp³-hybridized carbons (Fsp3) is 0.462. The van der Waals surface area contributed by atoms with Crippen LogP contribution in [0.4, 0.5) is 0 Å². The molecule has 1 heterocycles. The molecule has 0 saturated heterocycles. The molecule has 2 rings (SSSR count). The van der Waals surface area contributed by atoms with Crippen LogP contribution in [0.2, 0.25) is 0 Å². The summed E-state index contributed by atoms with van der Waals surface area (Å²) in [5, 5.41) is 8.95. The highest BCUT2D eigenvalue weighted by Crippen LogP contribution is 2.38. The standard InChI is InChI=1S/C13H16O3/c1-13(2,3)9-6-4-5-8-7-10(12(14)15)16-11(8)9/h4-6,10H,7H2,1-3H3,(H,14,15). The van der Waals surface area contributed by atoms with E-state index < -0.39 is 12.1 Å².